The molecule has 2 nitrogen and oxygen atoms in total. The lowest BCUT2D eigenvalue weighted by Gasteiger charge is -2.21. The molecule has 3 heteroatoms. The summed E-state index contributed by atoms with van der Waals surface area (Å²) in [6.07, 6.45) is 0. The molecular weight excluding hydrogens is 291 g/mol. The lowest BCUT2D eigenvalue weighted by molar-refractivity contribution is 0.501. The summed E-state index contributed by atoms with van der Waals surface area (Å²) in [5, 5.41) is 1.40. The van der Waals surface area contributed by atoms with E-state index in [9.17, 15) is 4.57 Å². The molecule has 110 valence electrons. The van der Waals surface area contributed by atoms with Crippen LogP contribution < -0.4 is 15.1 Å². The van der Waals surface area contributed by atoms with Crippen molar-refractivity contribution in [1.29, 1.82) is 0 Å². The molecule has 0 saturated carbocycles. The third-order valence-corrected chi connectivity index (χ3v) is 5.92. The second kappa shape index (κ2) is 6.21. The van der Waals surface area contributed by atoms with Crippen LogP contribution in [0, 0.1) is 6.92 Å². The Bertz CT molecular complexity index is 754. The van der Waals surface area contributed by atoms with E-state index in [0.29, 0.717) is 16.4 Å². The van der Waals surface area contributed by atoms with E-state index in [0.717, 1.165) is 5.56 Å². The number of benzene rings is 3. The standard InChI is InChI=1S/C19H17O2P/c1-16-10-8-9-15-19(16)21-22(20,17-11-4-2-5-12-17)18-13-6-3-7-14-18/h2-15H,1H3. The fourth-order valence-electron chi connectivity index (χ4n) is 2.30. The largest absolute Gasteiger partial charge is 0.437 e. The molecule has 0 N–H and O–H groups in total. The van der Waals surface area contributed by atoms with Gasteiger partial charge >= 0.3 is 7.37 Å². The number of para-hydroxylation sites is 1. The van der Waals surface area contributed by atoms with E-state index in [1.807, 2.05) is 91.9 Å². The van der Waals surface area contributed by atoms with E-state index in [4.69, 9.17) is 4.52 Å². The molecule has 0 spiro atoms. The van der Waals surface area contributed by atoms with E-state index in [1.165, 1.54) is 0 Å². The molecule has 0 bridgehead atoms. The molecule has 3 rings (SSSR count). The first-order chi connectivity index (χ1) is 10.7. The Labute approximate surface area is 130 Å². The number of aryl methyl sites for hydroxylation is 1. The molecule has 3 aromatic carbocycles. The third kappa shape index (κ3) is 2.84. The van der Waals surface area contributed by atoms with Gasteiger partial charge in [-0.25, -0.2) is 0 Å². The summed E-state index contributed by atoms with van der Waals surface area (Å²) >= 11 is 0. The average molecular weight is 308 g/mol. The Morgan fingerprint density at radius 1 is 0.682 bits per heavy atom. The smallest absolute Gasteiger partial charge is 0.306 e. The maximum absolute atomic E-state index is 13.7. The fraction of sp³-hybridized carbons (Fsp3) is 0.0526. The third-order valence-electron chi connectivity index (χ3n) is 3.51. The molecule has 0 saturated heterocycles. The first-order valence-electron chi connectivity index (χ1n) is 7.17. The molecule has 0 atom stereocenters. The molecule has 0 aliphatic carbocycles. The number of hydrogen-bond acceptors (Lipinski definition) is 2. The van der Waals surface area contributed by atoms with Gasteiger partial charge in [-0.15, -0.1) is 0 Å². The maximum Gasteiger partial charge on any atom is 0.306 e. The van der Waals surface area contributed by atoms with Crippen molar-refractivity contribution < 1.29 is 9.09 Å². The van der Waals surface area contributed by atoms with Crippen LogP contribution in [0.3, 0.4) is 0 Å². The van der Waals surface area contributed by atoms with Crippen LogP contribution >= 0.6 is 7.37 Å². The predicted octanol–water partition coefficient (Wildman–Crippen LogP) is 4.30. The van der Waals surface area contributed by atoms with Gasteiger partial charge in [-0.1, -0.05) is 54.6 Å². The summed E-state index contributed by atoms with van der Waals surface area (Å²) in [6.45, 7) is 1.95. The molecule has 0 radical (unpaired) electrons. The highest BCUT2D eigenvalue weighted by Crippen LogP contribution is 2.45. The van der Waals surface area contributed by atoms with Gasteiger partial charge in [0.25, 0.3) is 0 Å². The van der Waals surface area contributed by atoms with Crippen molar-refractivity contribution >= 4 is 18.0 Å². The van der Waals surface area contributed by atoms with Gasteiger partial charge in [-0.3, -0.25) is 4.57 Å². The van der Waals surface area contributed by atoms with E-state index in [-0.39, 0.29) is 0 Å². The lowest BCUT2D eigenvalue weighted by atomic mass is 10.2. The summed E-state index contributed by atoms with van der Waals surface area (Å²) in [6, 6.07) is 26.4. The summed E-state index contributed by atoms with van der Waals surface area (Å²) in [7, 11) is -3.17. The number of rotatable bonds is 4. The van der Waals surface area contributed by atoms with Crippen molar-refractivity contribution in [3.05, 3.63) is 90.5 Å². The normalized spacial score (nSPS) is 11.1. The minimum Gasteiger partial charge on any atom is -0.437 e. The van der Waals surface area contributed by atoms with Crippen molar-refractivity contribution in [1.82, 2.24) is 0 Å². The van der Waals surface area contributed by atoms with Gasteiger partial charge in [0.2, 0.25) is 0 Å². The predicted molar refractivity (Wildman–Crippen MR) is 91.6 cm³/mol. The molecule has 0 unspecified atom stereocenters. The average Bonchev–Trinajstić information content (AvgIpc) is 2.58. The van der Waals surface area contributed by atoms with Gasteiger partial charge in [0.15, 0.2) is 0 Å². The Morgan fingerprint density at radius 2 is 1.14 bits per heavy atom. The van der Waals surface area contributed by atoms with Crippen LogP contribution in [0.1, 0.15) is 5.56 Å². The molecule has 3 aromatic rings. The van der Waals surface area contributed by atoms with Crippen molar-refractivity contribution in [2.75, 3.05) is 0 Å². The minimum atomic E-state index is -3.17. The van der Waals surface area contributed by atoms with E-state index >= 15 is 0 Å². The summed E-state index contributed by atoms with van der Waals surface area (Å²) < 4.78 is 19.8. The summed E-state index contributed by atoms with van der Waals surface area (Å²) in [4.78, 5) is 0. The highest BCUT2D eigenvalue weighted by molar-refractivity contribution is 7.74. The van der Waals surface area contributed by atoms with E-state index in [2.05, 4.69) is 0 Å². The van der Waals surface area contributed by atoms with Gasteiger partial charge in [-0.2, -0.15) is 0 Å². The van der Waals surface area contributed by atoms with E-state index < -0.39 is 7.37 Å². The van der Waals surface area contributed by atoms with Crippen molar-refractivity contribution in [3.8, 4) is 5.75 Å². The van der Waals surface area contributed by atoms with Gasteiger partial charge < -0.3 is 4.52 Å². The van der Waals surface area contributed by atoms with Crippen molar-refractivity contribution in [2.24, 2.45) is 0 Å². The molecule has 0 aliphatic heterocycles. The molecular formula is C19H17O2P. The quantitative estimate of drug-likeness (QED) is 0.672. The zero-order valence-electron chi connectivity index (χ0n) is 12.3. The summed E-state index contributed by atoms with van der Waals surface area (Å²) in [5.41, 5.74) is 0.967. The number of hydrogen-bond donors (Lipinski definition) is 0. The Balaban J connectivity index is 2.13. The molecule has 22 heavy (non-hydrogen) atoms. The van der Waals surface area contributed by atoms with Crippen LogP contribution in [-0.2, 0) is 4.57 Å². The van der Waals surface area contributed by atoms with Gasteiger partial charge in [0.05, 0.1) is 10.6 Å². The molecule has 0 aliphatic rings. The first kappa shape index (κ1) is 14.6. The minimum absolute atomic E-state index is 0.651. The highest BCUT2D eigenvalue weighted by atomic mass is 31.2. The molecule has 0 aromatic heterocycles. The fourth-order valence-corrected chi connectivity index (χ4v) is 4.42. The van der Waals surface area contributed by atoms with Gasteiger partial charge in [0, 0.05) is 0 Å². The van der Waals surface area contributed by atoms with Crippen molar-refractivity contribution in [2.45, 2.75) is 6.92 Å². The van der Waals surface area contributed by atoms with Crippen molar-refractivity contribution in [3.63, 3.8) is 0 Å². The van der Waals surface area contributed by atoms with Crippen LogP contribution in [0.2, 0.25) is 0 Å². The first-order valence-corrected chi connectivity index (χ1v) is 8.79. The maximum atomic E-state index is 13.7. The van der Waals surface area contributed by atoms with Crippen LogP contribution in [0.4, 0.5) is 0 Å². The SMILES string of the molecule is Cc1ccccc1OP(=O)(c1ccccc1)c1ccccc1. The highest BCUT2D eigenvalue weighted by Gasteiger charge is 2.30. The zero-order chi connectivity index (χ0) is 15.4. The Kier molecular flexibility index (Phi) is 4.13. The zero-order valence-corrected chi connectivity index (χ0v) is 13.2. The molecule has 0 heterocycles. The van der Waals surface area contributed by atoms with Crippen LogP contribution in [0.5, 0.6) is 5.75 Å². The van der Waals surface area contributed by atoms with Crippen LogP contribution in [0.15, 0.2) is 84.9 Å². The van der Waals surface area contributed by atoms with Gasteiger partial charge in [-0.05, 0) is 42.8 Å². The van der Waals surface area contributed by atoms with Gasteiger partial charge in [0.1, 0.15) is 5.75 Å². The topological polar surface area (TPSA) is 26.3 Å². The monoisotopic (exact) mass is 308 g/mol. The Morgan fingerprint density at radius 3 is 1.64 bits per heavy atom. The molecule has 0 amide bonds. The van der Waals surface area contributed by atoms with Crippen LogP contribution in [-0.4, -0.2) is 0 Å². The van der Waals surface area contributed by atoms with E-state index in [1.54, 1.807) is 0 Å². The summed E-state index contributed by atoms with van der Waals surface area (Å²) in [5.74, 6) is 0.651. The second-order valence-corrected chi connectivity index (χ2v) is 7.40. The van der Waals surface area contributed by atoms with Crippen LogP contribution in [0.25, 0.3) is 0 Å². The lowest BCUT2D eigenvalue weighted by Crippen LogP contribution is -2.20. The Hall–Kier alpha value is -2.31. The molecule has 0 fully saturated rings. The second-order valence-electron chi connectivity index (χ2n) is 5.08.